The van der Waals surface area contributed by atoms with Crippen molar-refractivity contribution < 1.29 is 14.6 Å². The first kappa shape index (κ1) is 10.4. The molecule has 66 valence electrons. The molecule has 0 radical (unpaired) electrons. The average Bonchev–Trinajstić information content (AvgIpc) is 2.04. The van der Waals surface area contributed by atoms with E-state index in [4.69, 9.17) is 5.11 Å². The first-order valence-electron chi connectivity index (χ1n) is 3.97. The van der Waals surface area contributed by atoms with Crippen LogP contribution in [0.1, 0.15) is 26.7 Å². The van der Waals surface area contributed by atoms with Gasteiger partial charge in [-0.1, -0.05) is 20.3 Å². The van der Waals surface area contributed by atoms with Crippen molar-refractivity contribution in [3.8, 4) is 0 Å². The number of rotatable bonds is 5. The van der Waals surface area contributed by atoms with Crippen molar-refractivity contribution in [2.24, 2.45) is 5.92 Å². The quantitative estimate of drug-likeness (QED) is 0.609. The second-order valence-electron chi connectivity index (χ2n) is 2.68. The summed E-state index contributed by atoms with van der Waals surface area (Å²) >= 11 is 0. The number of carbonyl (C=O) groups is 1. The van der Waals surface area contributed by atoms with Crippen LogP contribution in [0.4, 0.5) is 0 Å². The van der Waals surface area contributed by atoms with Crippen molar-refractivity contribution in [3.05, 3.63) is 0 Å². The summed E-state index contributed by atoms with van der Waals surface area (Å²) in [4.78, 5) is 10.4. The summed E-state index contributed by atoms with van der Waals surface area (Å²) in [5.41, 5.74) is 0. The zero-order chi connectivity index (χ0) is 8.69. The van der Waals surface area contributed by atoms with Crippen molar-refractivity contribution >= 4 is 5.97 Å². The summed E-state index contributed by atoms with van der Waals surface area (Å²) in [6.07, 6.45) is 1.97. The predicted octanol–water partition coefficient (Wildman–Crippen LogP) is 0.958. The van der Waals surface area contributed by atoms with Crippen molar-refractivity contribution in [2.75, 3.05) is 13.2 Å². The van der Waals surface area contributed by atoms with Gasteiger partial charge >= 0.3 is 5.97 Å². The fourth-order valence-corrected chi connectivity index (χ4v) is 0.624. The Kier molecular flexibility index (Phi) is 5.84. The lowest BCUT2D eigenvalue weighted by atomic mass is 10.1. The van der Waals surface area contributed by atoms with Crippen LogP contribution in [0.3, 0.4) is 0 Å². The smallest absolute Gasteiger partial charge is 0.331 e. The van der Waals surface area contributed by atoms with Crippen LogP contribution in [0.25, 0.3) is 0 Å². The molecule has 0 aromatic heterocycles. The molecular formula is C8H16O3. The minimum absolute atomic E-state index is 0.425. The van der Waals surface area contributed by atoms with Gasteiger partial charge in [-0.05, 0) is 12.3 Å². The van der Waals surface area contributed by atoms with Gasteiger partial charge in [0.1, 0.15) is 6.61 Å². The van der Waals surface area contributed by atoms with Crippen molar-refractivity contribution in [3.63, 3.8) is 0 Å². The zero-order valence-electron chi connectivity index (χ0n) is 7.17. The number of ether oxygens (including phenoxy) is 1. The fourth-order valence-electron chi connectivity index (χ4n) is 0.624. The highest BCUT2D eigenvalue weighted by Gasteiger charge is 2.01. The molecular weight excluding hydrogens is 144 g/mol. The Morgan fingerprint density at radius 2 is 2.27 bits per heavy atom. The van der Waals surface area contributed by atoms with E-state index < -0.39 is 12.6 Å². The number of hydrogen-bond acceptors (Lipinski definition) is 3. The largest absolute Gasteiger partial charge is 0.464 e. The molecule has 0 rings (SSSR count). The molecule has 0 saturated heterocycles. The Morgan fingerprint density at radius 3 is 2.73 bits per heavy atom. The summed E-state index contributed by atoms with van der Waals surface area (Å²) < 4.78 is 4.67. The molecule has 0 saturated carbocycles. The third kappa shape index (κ3) is 5.85. The second kappa shape index (κ2) is 6.16. The molecule has 0 amide bonds. The molecule has 0 bridgehead atoms. The van der Waals surface area contributed by atoms with E-state index in [1.54, 1.807) is 0 Å². The highest BCUT2D eigenvalue weighted by atomic mass is 16.5. The van der Waals surface area contributed by atoms with Gasteiger partial charge in [0.2, 0.25) is 0 Å². The fraction of sp³-hybridized carbons (Fsp3) is 0.875. The third-order valence-electron chi connectivity index (χ3n) is 1.70. The maximum atomic E-state index is 10.4. The molecule has 3 nitrogen and oxygen atoms in total. The predicted molar refractivity (Wildman–Crippen MR) is 42.1 cm³/mol. The van der Waals surface area contributed by atoms with Crippen LogP contribution in [-0.4, -0.2) is 24.3 Å². The van der Waals surface area contributed by atoms with E-state index in [1.165, 1.54) is 0 Å². The van der Waals surface area contributed by atoms with Crippen LogP contribution in [0.15, 0.2) is 0 Å². The molecule has 1 atom stereocenters. The van der Waals surface area contributed by atoms with Crippen LogP contribution in [0, 0.1) is 5.92 Å². The van der Waals surface area contributed by atoms with E-state index in [0.29, 0.717) is 12.5 Å². The van der Waals surface area contributed by atoms with Gasteiger partial charge in [-0.2, -0.15) is 0 Å². The van der Waals surface area contributed by atoms with Gasteiger partial charge in [0.05, 0.1) is 6.61 Å². The molecule has 0 aliphatic carbocycles. The molecule has 0 aromatic rings. The van der Waals surface area contributed by atoms with Gasteiger partial charge in [0, 0.05) is 0 Å². The van der Waals surface area contributed by atoms with Crippen molar-refractivity contribution in [1.82, 2.24) is 0 Å². The summed E-state index contributed by atoms with van der Waals surface area (Å²) in [7, 11) is 0. The van der Waals surface area contributed by atoms with Gasteiger partial charge in [0.15, 0.2) is 0 Å². The van der Waals surface area contributed by atoms with Crippen LogP contribution in [0.5, 0.6) is 0 Å². The molecule has 0 heterocycles. The van der Waals surface area contributed by atoms with E-state index in [-0.39, 0.29) is 0 Å². The lowest BCUT2D eigenvalue weighted by Crippen LogP contribution is -2.11. The summed E-state index contributed by atoms with van der Waals surface area (Å²) in [6.45, 7) is 4.11. The lowest BCUT2D eigenvalue weighted by molar-refractivity contribution is -0.147. The SMILES string of the molecule is CCC(C)CCOC(=O)CO. The van der Waals surface area contributed by atoms with E-state index >= 15 is 0 Å². The van der Waals surface area contributed by atoms with E-state index in [9.17, 15) is 4.79 Å². The Bertz CT molecular complexity index is 112. The number of aliphatic hydroxyl groups is 1. The van der Waals surface area contributed by atoms with Crippen molar-refractivity contribution in [1.29, 1.82) is 0 Å². The maximum Gasteiger partial charge on any atom is 0.331 e. The molecule has 1 N–H and O–H groups in total. The van der Waals surface area contributed by atoms with E-state index in [0.717, 1.165) is 12.8 Å². The molecule has 1 unspecified atom stereocenters. The Morgan fingerprint density at radius 1 is 1.64 bits per heavy atom. The van der Waals surface area contributed by atoms with Gasteiger partial charge in [-0.3, -0.25) is 0 Å². The third-order valence-corrected chi connectivity index (χ3v) is 1.70. The average molecular weight is 160 g/mol. The van der Waals surface area contributed by atoms with Gasteiger partial charge in [-0.15, -0.1) is 0 Å². The first-order chi connectivity index (χ1) is 5.20. The summed E-state index contributed by atoms with van der Waals surface area (Å²) in [5.74, 6) is 0.0507. The van der Waals surface area contributed by atoms with Crippen LogP contribution in [-0.2, 0) is 9.53 Å². The zero-order valence-corrected chi connectivity index (χ0v) is 7.17. The van der Waals surface area contributed by atoms with Crippen molar-refractivity contribution in [2.45, 2.75) is 26.7 Å². The molecule has 0 aromatic carbocycles. The number of esters is 1. The van der Waals surface area contributed by atoms with Crippen LogP contribution in [0.2, 0.25) is 0 Å². The molecule has 0 spiro atoms. The summed E-state index contributed by atoms with van der Waals surface area (Å²) in [5, 5.41) is 8.28. The minimum atomic E-state index is -0.534. The highest BCUT2D eigenvalue weighted by Crippen LogP contribution is 2.05. The Hall–Kier alpha value is -0.570. The number of hydrogen-bond donors (Lipinski definition) is 1. The van der Waals surface area contributed by atoms with Crippen LogP contribution < -0.4 is 0 Å². The normalized spacial score (nSPS) is 12.6. The molecule has 0 aliphatic rings. The Balaban J connectivity index is 3.20. The molecule has 3 heteroatoms. The van der Waals surface area contributed by atoms with E-state index in [1.807, 2.05) is 0 Å². The van der Waals surface area contributed by atoms with E-state index in [2.05, 4.69) is 18.6 Å². The van der Waals surface area contributed by atoms with Gasteiger partial charge in [0.25, 0.3) is 0 Å². The standard InChI is InChI=1S/C8H16O3/c1-3-7(2)4-5-11-8(10)6-9/h7,9H,3-6H2,1-2H3. The lowest BCUT2D eigenvalue weighted by Gasteiger charge is -2.07. The molecule has 0 fully saturated rings. The number of aliphatic hydroxyl groups excluding tert-OH is 1. The molecule has 11 heavy (non-hydrogen) atoms. The highest BCUT2D eigenvalue weighted by molar-refractivity contribution is 5.70. The second-order valence-corrected chi connectivity index (χ2v) is 2.68. The van der Waals surface area contributed by atoms with Crippen LogP contribution >= 0.6 is 0 Å². The maximum absolute atomic E-state index is 10.4. The van der Waals surface area contributed by atoms with Gasteiger partial charge < -0.3 is 9.84 Å². The van der Waals surface area contributed by atoms with Gasteiger partial charge in [-0.25, -0.2) is 4.79 Å². The summed E-state index contributed by atoms with van der Waals surface area (Å²) in [6, 6.07) is 0. The number of carbonyl (C=O) groups excluding carboxylic acids is 1. The minimum Gasteiger partial charge on any atom is -0.464 e. The first-order valence-corrected chi connectivity index (χ1v) is 3.97. The Labute approximate surface area is 67.4 Å². The topological polar surface area (TPSA) is 46.5 Å². The molecule has 0 aliphatic heterocycles. The monoisotopic (exact) mass is 160 g/mol.